The quantitative estimate of drug-likeness (QED) is 0.925. The van der Waals surface area contributed by atoms with Crippen molar-refractivity contribution in [1.29, 1.82) is 0 Å². The topological polar surface area (TPSA) is 49.8 Å². The van der Waals surface area contributed by atoms with Crippen molar-refractivity contribution in [1.82, 2.24) is 4.90 Å². The number of carbonyl (C=O) groups is 1. The van der Waals surface area contributed by atoms with Crippen LogP contribution in [0.4, 0.5) is 8.78 Å². The zero-order valence-corrected chi connectivity index (χ0v) is 13.8. The molecule has 1 aliphatic rings. The molecule has 1 atom stereocenters. The third kappa shape index (κ3) is 2.98. The van der Waals surface area contributed by atoms with Gasteiger partial charge in [0.1, 0.15) is 11.4 Å². The van der Waals surface area contributed by atoms with Gasteiger partial charge in [-0.2, -0.15) is 0 Å². The molecule has 0 aromatic heterocycles. The number of methoxy groups -OCH3 is 1. The standard InChI is InChI=1S/C19H19F2NO3/c1-25-17-15(21)8-7-14(20)16(17)18(24)22-10-9-19(11-22,12-23)13-5-3-2-4-6-13/h2-8,23H,9-12H2,1H3. The first kappa shape index (κ1) is 17.4. The number of rotatable bonds is 4. The fourth-order valence-electron chi connectivity index (χ4n) is 3.38. The second-order valence-electron chi connectivity index (χ2n) is 6.22. The summed E-state index contributed by atoms with van der Waals surface area (Å²) in [5.41, 5.74) is -0.0997. The van der Waals surface area contributed by atoms with Gasteiger partial charge < -0.3 is 14.7 Å². The molecule has 2 aromatic rings. The number of nitrogens with zero attached hydrogens (tertiary/aromatic N) is 1. The van der Waals surface area contributed by atoms with E-state index >= 15 is 0 Å². The Hall–Kier alpha value is -2.47. The Morgan fingerprint density at radius 1 is 1.20 bits per heavy atom. The molecule has 2 aromatic carbocycles. The molecular formula is C19H19F2NO3. The number of likely N-dealkylation sites (tertiary alicyclic amines) is 1. The Bertz CT molecular complexity index is 782. The lowest BCUT2D eigenvalue weighted by molar-refractivity contribution is 0.0764. The lowest BCUT2D eigenvalue weighted by atomic mass is 9.80. The van der Waals surface area contributed by atoms with Crippen LogP contribution in [0.5, 0.6) is 5.75 Å². The highest BCUT2D eigenvalue weighted by atomic mass is 19.1. The third-order valence-corrected chi connectivity index (χ3v) is 4.81. The van der Waals surface area contributed by atoms with Crippen LogP contribution in [-0.4, -0.2) is 42.7 Å². The van der Waals surface area contributed by atoms with Gasteiger partial charge in [-0.15, -0.1) is 0 Å². The Balaban J connectivity index is 1.93. The summed E-state index contributed by atoms with van der Waals surface area (Å²) in [5, 5.41) is 9.94. The summed E-state index contributed by atoms with van der Waals surface area (Å²) in [6.07, 6.45) is 0.540. The normalized spacial score (nSPS) is 19.9. The molecule has 1 amide bonds. The van der Waals surface area contributed by atoms with Gasteiger partial charge in [-0.3, -0.25) is 4.79 Å². The van der Waals surface area contributed by atoms with E-state index in [4.69, 9.17) is 4.74 Å². The highest BCUT2D eigenvalue weighted by Crippen LogP contribution is 2.36. The van der Waals surface area contributed by atoms with E-state index in [0.717, 1.165) is 17.7 Å². The SMILES string of the molecule is COc1c(F)ccc(F)c1C(=O)N1CCC(CO)(c2ccccc2)C1. The van der Waals surface area contributed by atoms with E-state index in [0.29, 0.717) is 13.0 Å². The van der Waals surface area contributed by atoms with Crippen molar-refractivity contribution in [3.8, 4) is 5.75 Å². The number of amides is 1. The number of halogens is 2. The van der Waals surface area contributed by atoms with E-state index in [9.17, 15) is 18.7 Å². The molecule has 1 unspecified atom stereocenters. The highest BCUT2D eigenvalue weighted by Gasteiger charge is 2.42. The van der Waals surface area contributed by atoms with Gasteiger partial charge in [0.2, 0.25) is 0 Å². The first-order chi connectivity index (χ1) is 12.0. The third-order valence-electron chi connectivity index (χ3n) is 4.81. The Labute approximate surface area is 144 Å². The van der Waals surface area contributed by atoms with Gasteiger partial charge in [0.05, 0.1) is 13.7 Å². The minimum Gasteiger partial charge on any atom is -0.493 e. The first-order valence-electron chi connectivity index (χ1n) is 8.00. The van der Waals surface area contributed by atoms with Crippen LogP contribution < -0.4 is 4.74 Å². The smallest absolute Gasteiger partial charge is 0.260 e. The van der Waals surface area contributed by atoms with Crippen molar-refractivity contribution in [2.45, 2.75) is 11.8 Å². The molecule has 0 aliphatic carbocycles. The van der Waals surface area contributed by atoms with Gasteiger partial charge in [0, 0.05) is 18.5 Å². The lowest BCUT2D eigenvalue weighted by Crippen LogP contribution is -2.37. The van der Waals surface area contributed by atoms with Crippen molar-refractivity contribution in [2.75, 3.05) is 26.8 Å². The van der Waals surface area contributed by atoms with E-state index < -0.39 is 34.3 Å². The average molecular weight is 347 g/mol. The summed E-state index contributed by atoms with van der Waals surface area (Å²) in [4.78, 5) is 14.2. The summed E-state index contributed by atoms with van der Waals surface area (Å²) in [6, 6.07) is 11.2. The molecule has 0 saturated carbocycles. The van der Waals surface area contributed by atoms with Gasteiger partial charge >= 0.3 is 0 Å². The predicted octanol–water partition coefficient (Wildman–Crippen LogP) is 2.75. The molecule has 1 heterocycles. The molecule has 1 saturated heterocycles. The molecule has 0 spiro atoms. The fraction of sp³-hybridized carbons (Fsp3) is 0.316. The van der Waals surface area contributed by atoms with Crippen LogP contribution in [0.3, 0.4) is 0 Å². The van der Waals surface area contributed by atoms with Crippen molar-refractivity contribution in [3.05, 3.63) is 65.2 Å². The number of ether oxygens (including phenoxy) is 1. The molecule has 0 bridgehead atoms. The Kier molecular flexibility index (Phi) is 4.72. The molecule has 25 heavy (non-hydrogen) atoms. The predicted molar refractivity (Wildman–Crippen MR) is 88.6 cm³/mol. The molecule has 1 fully saturated rings. The average Bonchev–Trinajstić information content (AvgIpc) is 3.09. The minimum atomic E-state index is -0.829. The maximum absolute atomic E-state index is 14.2. The van der Waals surface area contributed by atoms with Gasteiger partial charge in [-0.05, 0) is 24.1 Å². The van der Waals surface area contributed by atoms with Crippen LogP contribution in [0, 0.1) is 11.6 Å². The molecule has 4 nitrogen and oxygen atoms in total. The largest absolute Gasteiger partial charge is 0.493 e. The van der Waals surface area contributed by atoms with E-state index in [-0.39, 0.29) is 13.2 Å². The first-order valence-corrected chi connectivity index (χ1v) is 8.00. The van der Waals surface area contributed by atoms with Gasteiger partial charge in [0.25, 0.3) is 5.91 Å². The second-order valence-corrected chi connectivity index (χ2v) is 6.22. The lowest BCUT2D eigenvalue weighted by Gasteiger charge is -2.28. The van der Waals surface area contributed by atoms with E-state index in [2.05, 4.69) is 0 Å². The van der Waals surface area contributed by atoms with Crippen molar-refractivity contribution < 1.29 is 23.4 Å². The van der Waals surface area contributed by atoms with Crippen LogP contribution in [0.2, 0.25) is 0 Å². The number of hydrogen-bond donors (Lipinski definition) is 1. The maximum atomic E-state index is 14.2. The molecule has 1 aliphatic heterocycles. The van der Waals surface area contributed by atoms with Gasteiger partial charge in [-0.25, -0.2) is 8.78 Å². The van der Waals surface area contributed by atoms with E-state index in [1.165, 1.54) is 12.0 Å². The van der Waals surface area contributed by atoms with Crippen LogP contribution >= 0.6 is 0 Å². The minimum absolute atomic E-state index is 0.135. The van der Waals surface area contributed by atoms with E-state index in [1.54, 1.807) is 0 Å². The number of benzene rings is 2. The highest BCUT2D eigenvalue weighted by molar-refractivity contribution is 5.97. The molecule has 6 heteroatoms. The number of aliphatic hydroxyl groups excluding tert-OH is 1. The zero-order valence-electron chi connectivity index (χ0n) is 13.8. The summed E-state index contributed by atoms with van der Waals surface area (Å²) in [5.74, 6) is -2.65. The van der Waals surface area contributed by atoms with Crippen molar-refractivity contribution >= 4 is 5.91 Å². The van der Waals surface area contributed by atoms with Gasteiger partial charge in [-0.1, -0.05) is 30.3 Å². The molecule has 0 radical (unpaired) electrons. The summed E-state index contributed by atoms with van der Waals surface area (Å²) < 4.78 is 32.9. The van der Waals surface area contributed by atoms with Crippen molar-refractivity contribution in [3.63, 3.8) is 0 Å². The molecule has 3 rings (SSSR count). The maximum Gasteiger partial charge on any atom is 0.260 e. The van der Waals surface area contributed by atoms with Crippen LogP contribution in [0.1, 0.15) is 22.3 Å². The van der Waals surface area contributed by atoms with Crippen LogP contribution in [0.15, 0.2) is 42.5 Å². The monoisotopic (exact) mass is 347 g/mol. The summed E-state index contributed by atoms with van der Waals surface area (Å²) in [7, 11) is 1.20. The summed E-state index contributed by atoms with van der Waals surface area (Å²) in [6.45, 7) is 0.433. The Morgan fingerprint density at radius 3 is 2.52 bits per heavy atom. The Morgan fingerprint density at radius 2 is 1.88 bits per heavy atom. The number of aliphatic hydroxyl groups is 1. The molecule has 1 N–H and O–H groups in total. The van der Waals surface area contributed by atoms with E-state index in [1.807, 2.05) is 30.3 Å². The van der Waals surface area contributed by atoms with Crippen LogP contribution in [0.25, 0.3) is 0 Å². The fourth-order valence-corrected chi connectivity index (χ4v) is 3.38. The number of hydrogen-bond acceptors (Lipinski definition) is 3. The van der Waals surface area contributed by atoms with Crippen LogP contribution in [-0.2, 0) is 5.41 Å². The molecule has 132 valence electrons. The number of carbonyl (C=O) groups excluding carboxylic acids is 1. The van der Waals surface area contributed by atoms with Crippen molar-refractivity contribution in [2.24, 2.45) is 0 Å². The zero-order chi connectivity index (χ0) is 18.0. The second kappa shape index (κ2) is 6.80. The molecular weight excluding hydrogens is 328 g/mol. The summed E-state index contributed by atoms with van der Waals surface area (Å²) >= 11 is 0. The van der Waals surface area contributed by atoms with Gasteiger partial charge in [0.15, 0.2) is 11.6 Å².